The van der Waals surface area contributed by atoms with Crippen LogP contribution < -0.4 is 0 Å². The molecule has 3 aromatic carbocycles. The van der Waals surface area contributed by atoms with Crippen molar-refractivity contribution in [1.29, 1.82) is 0 Å². The molecule has 3 nitrogen and oxygen atoms in total. The van der Waals surface area contributed by atoms with Crippen LogP contribution in [0, 0.1) is 20.8 Å². The smallest absolute Gasteiger partial charge is 0.222 e. The lowest BCUT2D eigenvalue weighted by Gasteiger charge is -2.06. The first kappa shape index (κ1) is 17.1. The second kappa shape index (κ2) is 6.76. The van der Waals surface area contributed by atoms with E-state index in [9.17, 15) is 5.11 Å². The average molecular weight is 354 g/mol. The van der Waals surface area contributed by atoms with Crippen molar-refractivity contribution in [3.63, 3.8) is 0 Å². The Morgan fingerprint density at radius 2 is 1.33 bits per heavy atom. The van der Waals surface area contributed by atoms with E-state index in [2.05, 4.69) is 32.0 Å². The minimum atomic E-state index is 0.154. The molecule has 0 fully saturated rings. The van der Waals surface area contributed by atoms with Gasteiger partial charge in [-0.1, -0.05) is 71.8 Å². The van der Waals surface area contributed by atoms with Crippen molar-refractivity contribution >= 4 is 0 Å². The monoisotopic (exact) mass is 354 g/mol. The lowest BCUT2D eigenvalue weighted by Crippen LogP contribution is -1.96. The molecule has 134 valence electrons. The number of rotatable bonds is 3. The zero-order chi connectivity index (χ0) is 19.0. The van der Waals surface area contributed by atoms with Gasteiger partial charge in [0.15, 0.2) is 0 Å². The fourth-order valence-electron chi connectivity index (χ4n) is 3.29. The van der Waals surface area contributed by atoms with E-state index in [1.165, 1.54) is 11.1 Å². The summed E-state index contributed by atoms with van der Waals surface area (Å²) >= 11 is 0. The van der Waals surface area contributed by atoms with E-state index in [4.69, 9.17) is 5.10 Å². The Labute approximate surface area is 159 Å². The van der Waals surface area contributed by atoms with Crippen LogP contribution in [-0.4, -0.2) is 14.9 Å². The predicted octanol–water partition coefficient (Wildman–Crippen LogP) is 5.84. The van der Waals surface area contributed by atoms with Crippen molar-refractivity contribution in [3.05, 3.63) is 89.5 Å². The van der Waals surface area contributed by atoms with Crippen LogP contribution in [0.25, 0.3) is 28.1 Å². The van der Waals surface area contributed by atoms with E-state index in [-0.39, 0.29) is 5.88 Å². The molecule has 3 heteroatoms. The maximum atomic E-state index is 11.1. The van der Waals surface area contributed by atoms with Crippen LogP contribution in [-0.2, 0) is 0 Å². The predicted molar refractivity (Wildman–Crippen MR) is 110 cm³/mol. The molecule has 0 radical (unpaired) electrons. The zero-order valence-corrected chi connectivity index (χ0v) is 15.8. The standard InChI is InChI=1S/C24H22N2O/c1-16-8-12-19(13-9-16)22-23(21-7-5-4-6-18(21)3)25-26(24(22)27)20-14-10-17(2)11-15-20/h4-15,27H,1-3H3. The molecule has 27 heavy (non-hydrogen) atoms. The summed E-state index contributed by atoms with van der Waals surface area (Å²) in [5, 5.41) is 15.9. The molecule has 0 saturated carbocycles. The number of hydrogen-bond donors (Lipinski definition) is 1. The van der Waals surface area contributed by atoms with Gasteiger partial charge in [0.25, 0.3) is 0 Å². The Kier molecular flexibility index (Phi) is 4.28. The zero-order valence-electron chi connectivity index (χ0n) is 15.8. The maximum Gasteiger partial charge on any atom is 0.222 e. The van der Waals surface area contributed by atoms with Gasteiger partial charge in [-0.15, -0.1) is 0 Å². The van der Waals surface area contributed by atoms with Gasteiger partial charge in [0.2, 0.25) is 5.88 Å². The number of aromatic nitrogens is 2. The Hall–Kier alpha value is -3.33. The minimum Gasteiger partial charge on any atom is -0.493 e. The second-order valence-corrected chi connectivity index (χ2v) is 6.98. The summed E-state index contributed by atoms with van der Waals surface area (Å²) in [6.45, 7) is 6.17. The van der Waals surface area contributed by atoms with Gasteiger partial charge in [-0.25, -0.2) is 4.68 Å². The first-order chi connectivity index (χ1) is 13.0. The lowest BCUT2D eigenvalue weighted by molar-refractivity contribution is 0.435. The summed E-state index contributed by atoms with van der Waals surface area (Å²) in [6.07, 6.45) is 0. The van der Waals surface area contributed by atoms with Gasteiger partial charge < -0.3 is 5.11 Å². The summed E-state index contributed by atoms with van der Waals surface area (Å²) in [5.41, 5.74) is 7.83. The maximum absolute atomic E-state index is 11.1. The van der Waals surface area contributed by atoms with E-state index in [1.807, 2.05) is 61.5 Å². The van der Waals surface area contributed by atoms with Crippen LogP contribution in [0.4, 0.5) is 0 Å². The molecule has 0 aliphatic rings. The molecule has 4 aromatic rings. The van der Waals surface area contributed by atoms with Crippen LogP contribution in [0.2, 0.25) is 0 Å². The first-order valence-electron chi connectivity index (χ1n) is 9.06. The molecule has 0 aliphatic heterocycles. The van der Waals surface area contributed by atoms with E-state index in [0.717, 1.165) is 33.6 Å². The third-order valence-electron chi connectivity index (χ3n) is 4.88. The van der Waals surface area contributed by atoms with Crippen molar-refractivity contribution in [2.24, 2.45) is 0 Å². The van der Waals surface area contributed by atoms with Gasteiger partial charge in [0.1, 0.15) is 5.69 Å². The van der Waals surface area contributed by atoms with Crippen molar-refractivity contribution in [2.75, 3.05) is 0 Å². The molecule has 0 bridgehead atoms. The molecule has 0 spiro atoms. The molecule has 0 unspecified atom stereocenters. The molecule has 1 aromatic heterocycles. The summed E-state index contributed by atoms with van der Waals surface area (Å²) in [6, 6.07) is 24.3. The molecule has 4 rings (SSSR count). The van der Waals surface area contributed by atoms with Crippen LogP contribution in [0.1, 0.15) is 16.7 Å². The number of benzene rings is 3. The second-order valence-electron chi connectivity index (χ2n) is 6.98. The van der Waals surface area contributed by atoms with Crippen molar-refractivity contribution in [3.8, 4) is 34.0 Å². The summed E-state index contributed by atoms with van der Waals surface area (Å²) < 4.78 is 1.62. The third-order valence-corrected chi connectivity index (χ3v) is 4.88. The third kappa shape index (κ3) is 3.13. The molecule has 0 atom stereocenters. The number of aromatic hydroxyl groups is 1. The largest absolute Gasteiger partial charge is 0.493 e. The summed E-state index contributed by atoms with van der Waals surface area (Å²) in [4.78, 5) is 0. The van der Waals surface area contributed by atoms with Crippen molar-refractivity contribution < 1.29 is 5.11 Å². The highest BCUT2D eigenvalue weighted by Gasteiger charge is 2.22. The Bertz CT molecular complexity index is 1090. The van der Waals surface area contributed by atoms with E-state index >= 15 is 0 Å². The van der Waals surface area contributed by atoms with Gasteiger partial charge in [0, 0.05) is 5.56 Å². The van der Waals surface area contributed by atoms with Gasteiger partial charge in [-0.3, -0.25) is 0 Å². The van der Waals surface area contributed by atoms with Crippen molar-refractivity contribution in [2.45, 2.75) is 20.8 Å². The average Bonchev–Trinajstić information content (AvgIpc) is 3.00. The van der Waals surface area contributed by atoms with Crippen LogP contribution >= 0.6 is 0 Å². The Morgan fingerprint density at radius 1 is 0.741 bits per heavy atom. The molecule has 1 heterocycles. The number of aryl methyl sites for hydroxylation is 3. The highest BCUT2D eigenvalue weighted by atomic mass is 16.3. The fraction of sp³-hybridized carbons (Fsp3) is 0.125. The molecular formula is C24H22N2O. The highest BCUT2D eigenvalue weighted by molar-refractivity contribution is 5.86. The first-order valence-corrected chi connectivity index (χ1v) is 9.06. The highest BCUT2D eigenvalue weighted by Crippen LogP contribution is 2.40. The van der Waals surface area contributed by atoms with Crippen molar-refractivity contribution in [1.82, 2.24) is 9.78 Å². The Morgan fingerprint density at radius 3 is 1.96 bits per heavy atom. The van der Waals surface area contributed by atoms with E-state index in [0.29, 0.717) is 0 Å². The van der Waals surface area contributed by atoms with Gasteiger partial charge >= 0.3 is 0 Å². The van der Waals surface area contributed by atoms with Crippen LogP contribution in [0.3, 0.4) is 0 Å². The van der Waals surface area contributed by atoms with Gasteiger partial charge in [-0.05, 0) is 44.0 Å². The lowest BCUT2D eigenvalue weighted by atomic mass is 9.98. The molecule has 1 N–H and O–H groups in total. The fourth-order valence-corrected chi connectivity index (χ4v) is 3.29. The normalized spacial score (nSPS) is 10.9. The van der Waals surface area contributed by atoms with E-state index < -0.39 is 0 Å². The molecule has 0 saturated heterocycles. The topological polar surface area (TPSA) is 38.0 Å². The van der Waals surface area contributed by atoms with Gasteiger partial charge in [-0.2, -0.15) is 5.10 Å². The molecule has 0 amide bonds. The summed E-state index contributed by atoms with van der Waals surface area (Å²) in [5.74, 6) is 0.154. The molecular weight excluding hydrogens is 332 g/mol. The number of nitrogens with zero attached hydrogens (tertiary/aromatic N) is 2. The van der Waals surface area contributed by atoms with E-state index in [1.54, 1.807) is 4.68 Å². The van der Waals surface area contributed by atoms with Gasteiger partial charge in [0.05, 0.1) is 11.3 Å². The minimum absolute atomic E-state index is 0.154. The van der Waals surface area contributed by atoms with Crippen LogP contribution in [0.5, 0.6) is 5.88 Å². The Balaban J connectivity index is 1.99. The quantitative estimate of drug-likeness (QED) is 0.502. The number of hydrogen-bond acceptors (Lipinski definition) is 2. The SMILES string of the molecule is Cc1ccc(-c2c(-c3ccccc3C)nn(-c3ccc(C)cc3)c2O)cc1. The summed E-state index contributed by atoms with van der Waals surface area (Å²) in [7, 11) is 0. The molecule has 0 aliphatic carbocycles. The van der Waals surface area contributed by atoms with Crippen LogP contribution in [0.15, 0.2) is 72.8 Å².